The number of likely N-dealkylation sites (tertiary alicyclic amines) is 1. The van der Waals surface area contributed by atoms with Crippen LogP contribution in [0.5, 0.6) is 0 Å². The molecule has 1 aliphatic rings. The number of hydrogen-bond acceptors (Lipinski definition) is 2. The van der Waals surface area contributed by atoms with Crippen LogP contribution in [0.3, 0.4) is 0 Å². The number of rotatable bonds is 2. The molecule has 3 unspecified atom stereocenters. The Balaban J connectivity index is 2.57. The van der Waals surface area contributed by atoms with Gasteiger partial charge in [0.25, 0.3) is 0 Å². The summed E-state index contributed by atoms with van der Waals surface area (Å²) in [4.78, 5) is 14.3. The molecule has 0 aliphatic carbocycles. The van der Waals surface area contributed by atoms with E-state index in [-0.39, 0.29) is 17.4 Å². The third kappa shape index (κ3) is 3.98. The number of carbonyl (C=O) groups excluding carboxylic acids is 1. The fourth-order valence-corrected chi connectivity index (χ4v) is 2.25. The maximum absolute atomic E-state index is 12.3. The van der Waals surface area contributed by atoms with Crippen LogP contribution in [0.25, 0.3) is 0 Å². The highest BCUT2D eigenvalue weighted by Gasteiger charge is 2.30. The van der Waals surface area contributed by atoms with Gasteiger partial charge in [0.15, 0.2) is 0 Å². The number of carbonyl (C=O) groups is 1. The lowest BCUT2D eigenvalue weighted by atomic mass is 9.84. The Morgan fingerprint density at radius 1 is 1.35 bits per heavy atom. The molecule has 0 radical (unpaired) electrons. The first-order chi connectivity index (χ1) is 7.71. The summed E-state index contributed by atoms with van der Waals surface area (Å²) in [5.74, 6) is 0.854. The molecule has 100 valence electrons. The van der Waals surface area contributed by atoms with Crippen molar-refractivity contribution in [3.8, 4) is 0 Å². The SMILES string of the molecule is CC1CCC(C)N(C(=O)CC(N)C(C)(C)C)C1. The standard InChI is InChI=1S/C14H28N2O/c1-10-6-7-11(2)16(9-10)13(17)8-12(15)14(3,4)5/h10-12H,6-9,15H2,1-5H3. The number of hydrogen-bond donors (Lipinski definition) is 1. The molecule has 0 saturated carbocycles. The maximum Gasteiger partial charge on any atom is 0.224 e. The normalized spacial score (nSPS) is 28.0. The summed E-state index contributed by atoms with van der Waals surface area (Å²) in [6, 6.07) is 0.324. The molecule has 0 aromatic heterocycles. The molecule has 1 aliphatic heterocycles. The van der Waals surface area contributed by atoms with E-state index in [0.717, 1.165) is 13.0 Å². The van der Waals surface area contributed by atoms with Crippen LogP contribution in [-0.4, -0.2) is 29.4 Å². The van der Waals surface area contributed by atoms with Crippen molar-refractivity contribution in [3.63, 3.8) is 0 Å². The predicted octanol–water partition coefficient (Wildman–Crippen LogP) is 2.40. The van der Waals surface area contributed by atoms with Gasteiger partial charge in [-0.2, -0.15) is 0 Å². The van der Waals surface area contributed by atoms with E-state index in [1.807, 2.05) is 4.90 Å². The van der Waals surface area contributed by atoms with Gasteiger partial charge in [-0.25, -0.2) is 0 Å². The number of amides is 1. The van der Waals surface area contributed by atoms with Crippen molar-refractivity contribution in [1.29, 1.82) is 0 Å². The first-order valence-electron chi connectivity index (χ1n) is 6.77. The molecule has 3 atom stereocenters. The van der Waals surface area contributed by atoms with E-state index in [2.05, 4.69) is 34.6 Å². The van der Waals surface area contributed by atoms with Gasteiger partial charge in [0, 0.05) is 25.0 Å². The van der Waals surface area contributed by atoms with E-state index in [1.54, 1.807) is 0 Å². The van der Waals surface area contributed by atoms with E-state index in [9.17, 15) is 4.79 Å². The first-order valence-corrected chi connectivity index (χ1v) is 6.77. The molecule has 0 aromatic carbocycles. The minimum atomic E-state index is -0.0561. The third-order valence-corrected chi connectivity index (χ3v) is 3.94. The van der Waals surface area contributed by atoms with Crippen molar-refractivity contribution in [3.05, 3.63) is 0 Å². The monoisotopic (exact) mass is 240 g/mol. The fraction of sp³-hybridized carbons (Fsp3) is 0.929. The molecule has 0 spiro atoms. The lowest BCUT2D eigenvalue weighted by molar-refractivity contribution is -0.136. The molecule has 17 heavy (non-hydrogen) atoms. The van der Waals surface area contributed by atoms with Gasteiger partial charge >= 0.3 is 0 Å². The van der Waals surface area contributed by atoms with Gasteiger partial charge in [-0.1, -0.05) is 27.7 Å². The van der Waals surface area contributed by atoms with E-state index >= 15 is 0 Å². The van der Waals surface area contributed by atoms with Crippen LogP contribution in [0, 0.1) is 11.3 Å². The van der Waals surface area contributed by atoms with Crippen LogP contribution in [0.1, 0.15) is 53.9 Å². The average molecular weight is 240 g/mol. The molecule has 0 bridgehead atoms. The summed E-state index contributed by atoms with van der Waals surface area (Å²) >= 11 is 0. The Labute approximate surface area is 106 Å². The highest BCUT2D eigenvalue weighted by Crippen LogP contribution is 2.25. The average Bonchev–Trinajstić information content (AvgIpc) is 2.20. The molecule has 1 saturated heterocycles. The van der Waals surface area contributed by atoms with Crippen molar-refractivity contribution < 1.29 is 4.79 Å². The van der Waals surface area contributed by atoms with E-state index in [4.69, 9.17) is 5.73 Å². The van der Waals surface area contributed by atoms with Crippen molar-refractivity contribution >= 4 is 5.91 Å². The molecule has 1 heterocycles. The molecule has 1 rings (SSSR count). The number of nitrogens with zero attached hydrogens (tertiary/aromatic N) is 1. The second kappa shape index (κ2) is 5.38. The number of piperidine rings is 1. The predicted molar refractivity (Wildman–Crippen MR) is 71.6 cm³/mol. The minimum absolute atomic E-state index is 0.000299. The largest absolute Gasteiger partial charge is 0.340 e. The zero-order chi connectivity index (χ0) is 13.2. The van der Waals surface area contributed by atoms with Crippen LogP contribution in [0.4, 0.5) is 0 Å². The zero-order valence-corrected chi connectivity index (χ0v) is 12.0. The topological polar surface area (TPSA) is 46.3 Å². The molecule has 1 amide bonds. The van der Waals surface area contributed by atoms with Crippen LogP contribution < -0.4 is 5.73 Å². The second-order valence-electron chi connectivity index (χ2n) is 6.75. The zero-order valence-electron chi connectivity index (χ0n) is 12.0. The van der Waals surface area contributed by atoms with Gasteiger partial charge in [0.1, 0.15) is 0 Å². The summed E-state index contributed by atoms with van der Waals surface area (Å²) in [5.41, 5.74) is 6.09. The summed E-state index contributed by atoms with van der Waals surface area (Å²) in [7, 11) is 0. The Morgan fingerprint density at radius 3 is 2.47 bits per heavy atom. The van der Waals surface area contributed by atoms with Crippen LogP contribution >= 0.6 is 0 Å². The molecule has 3 heteroatoms. The van der Waals surface area contributed by atoms with E-state index in [0.29, 0.717) is 18.4 Å². The van der Waals surface area contributed by atoms with Gasteiger partial charge in [-0.05, 0) is 31.1 Å². The summed E-state index contributed by atoms with van der Waals surface area (Å²) < 4.78 is 0. The minimum Gasteiger partial charge on any atom is -0.340 e. The Bertz CT molecular complexity index is 270. The van der Waals surface area contributed by atoms with Gasteiger partial charge in [-0.15, -0.1) is 0 Å². The van der Waals surface area contributed by atoms with Crippen LogP contribution in [0.15, 0.2) is 0 Å². The summed E-state index contributed by atoms with van der Waals surface area (Å²) in [6.07, 6.45) is 2.83. The Hall–Kier alpha value is -0.570. The number of nitrogens with two attached hydrogens (primary N) is 1. The van der Waals surface area contributed by atoms with Gasteiger partial charge in [0.2, 0.25) is 5.91 Å². The summed E-state index contributed by atoms with van der Waals surface area (Å²) in [5, 5.41) is 0. The van der Waals surface area contributed by atoms with Crippen LogP contribution in [0.2, 0.25) is 0 Å². The highest BCUT2D eigenvalue weighted by atomic mass is 16.2. The van der Waals surface area contributed by atoms with Gasteiger partial charge in [-0.3, -0.25) is 4.79 Å². The Kier molecular flexibility index (Phi) is 4.59. The lowest BCUT2D eigenvalue weighted by Crippen LogP contribution is -2.48. The van der Waals surface area contributed by atoms with Gasteiger partial charge in [0.05, 0.1) is 0 Å². The molecular weight excluding hydrogens is 212 g/mol. The quantitative estimate of drug-likeness (QED) is 0.805. The molecular formula is C14H28N2O. The lowest BCUT2D eigenvalue weighted by Gasteiger charge is -2.38. The Morgan fingerprint density at radius 2 is 1.94 bits per heavy atom. The van der Waals surface area contributed by atoms with Crippen molar-refractivity contribution in [2.45, 2.75) is 66.0 Å². The molecule has 2 N–H and O–H groups in total. The highest BCUT2D eigenvalue weighted by molar-refractivity contribution is 5.77. The third-order valence-electron chi connectivity index (χ3n) is 3.94. The van der Waals surface area contributed by atoms with Crippen LogP contribution in [-0.2, 0) is 4.79 Å². The van der Waals surface area contributed by atoms with Crippen molar-refractivity contribution in [1.82, 2.24) is 4.90 Å². The fourth-order valence-electron chi connectivity index (χ4n) is 2.25. The van der Waals surface area contributed by atoms with E-state index in [1.165, 1.54) is 6.42 Å². The molecule has 3 nitrogen and oxygen atoms in total. The van der Waals surface area contributed by atoms with Crippen molar-refractivity contribution in [2.75, 3.05) is 6.54 Å². The van der Waals surface area contributed by atoms with Crippen molar-refractivity contribution in [2.24, 2.45) is 17.1 Å². The molecule has 0 aromatic rings. The second-order valence-corrected chi connectivity index (χ2v) is 6.75. The maximum atomic E-state index is 12.3. The smallest absolute Gasteiger partial charge is 0.224 e. The first kappa shape index (κ1) is 14.5. The van der Waals surface area contributed by atoms with E-state index < -0.39 is 0 Å². The summed E-state index contributed by atoms with van der Waals surface area (Å²) in [6.45, 7) is 11.5. The molecule has 1 fully saturated rings. The van der Waals surface area contributed by atoms with Gasteiger partial charge < -0.3 is 10.6 Å².